The number of aliphatic hydroxyl groups excluding tert-OH is 1. The molecule has 13 heavy (non-hydrogen) atoms. The average Bonchev–Trinajstić information content (AvgIpc) is 2.11. The molecule has 1 aromatic carbocycles. The van der Waals surface area contributed by atoms with Crippen molar-refractivity contribution in [1.82, 2.24) is 0 Å². The summed E-state index contributed by atoms with van der Waals surface area (Å²) >= 11 is 5.89. The van der Waals surface area contributed by atoms with Crippen LogP contribution in [-0.2, 0) is 0 Å². The molecule has 1 unspecified atom stereocenters. The lowest BCUT2D eigenvalue weighted by molar-refractivity contribution is 0.130. The normalized spacial score (nSPS) is 12.6. The first-order valence-electron chi connectivity index (χ1n) is 4.17. The first-order valence-corrected chi connectivity index (χ1v) is 4.55. The van der Waals surface area contributed by atoms with Crippen molar-refractivity contribution in [2.45, 2.75) is 20.0 Å². The monoisotopic (exact) mass is 200 g/mol. The summed E-state index contributed by atoms with van der Waals surface area (Å²) in [6.45, 7) is 3.75. The van der Waals surface area contributed by atoms with Crippen LogP contribution in [0, 0.1) is 6.92 Å². The van der Waals surface area contributed by atoms with Crippen molar-refractivity contribution in [3.8, 4) is 5.75 Å². The van der Waals surface area contributed by atoms with Crippen LogP contribution in [0.15, 0.2) is 18.2 Å². The second-order valence-electron chi connectivity index (χ2n) is 3.04. The maximum atomic E-state index is 8.79. The molecule has 0 amide bonds. The fourth-order valence-corrected chi connectivity index (χ4v) is 1.12. The van der Waals surface area contributed by atoms with E-state index < -0.39 is 0 Å². The fraction of sp³-hybridized carbons (Fsp3) is 0.400. The Morgan fingerprint density at radius 3 is 2.85 bits per heavy atom. The molecule has 0 aromatic heterocycles. The molecule has 0 saturated carbocycles. The van der Waals surface area contributed by atoms with E-state index in [4.69, 9.17) is 21.4 Å². The van der Waals surface area contributed by atoms with Crippen molar-refractivity contribution in [1.29, 1.82) is 0 Å². The zero-order valence-corrected chi connectivity index (χ0v) is 8.51. The van der Waals surface area contributed by atoms with Crippen LogP contribution in [0.1, 0.15) is 12.5 Å². The molecule has 0 fully saturated rings. The van der Waals surface area contributed by atoms with Gasteiger partial charge < -0.3 is 9.84 Å². The number of hydrogen-bond acceptors (Lipinski definition) is 2. The van der Waals surface area contributed by atoms with Gasteiger partial charge in [-0.2, -0.15) is 0 Å². The van der Waals surface area contributed by atoms with E-state index in [0.717, 1.165) is 5.56 Å². The second-order valence-corrected chi connectivity index (χ2v) is 3.45. The van der Waals surface area contributed by atoms with Crippen LogP contribution < -0.4 is 4.74 Å². The van der Waals surface area contributed by atoms with Crippen molar-refractivity contribution in [2.24, 2.45) is 0 Å². The third-order valence-corrected chi connectivity index (χ3v) is 1.98. The van der Waals surface area contributed by atoms with Crippen molar-refractivity contribution in [3.05, 3.63) is 28.8 Å². The highest BCUT2D eigenvalue weighted by molar-refractivity contribution is 6.32. The van der Waals surface area contributed by atoms with Gasteiger partial charge in [-0.1, -0.05) is 17.7 Å². The van der Waals surface area contributed by atoms with Crippen LogP contribution in [0.2, 0.25) is 5.02 Å². The zero-order chi connectivity index (χ0) is 9.84. The second kappa shape index (κ2) is 4.49. The first-order chi connectivity index (χ1) is 6.13. The average molecular weight is 201 g/mol. The van der Waals surface area contributed by atoms with Gasteiger partial charge in [-0.05, 0) is 31.5 Å². The van der Waals surface area contributed by atoms with Gasteiger partial charge in [0, 0.05) is 0 Å². The highest BCUT2D eigenvalue weighted by Gasteiger charge is 2.05. The molecule has 2 nitrogen and oxygen atoms in total. The summed E-state index contributed by atoms with van der Waals surface area (Å²) in [6, 6.07) is 5.56. The lowest BCUT2D eigenvalue weighted by atomic mass is 10.2. The van der Waals surface area contributed by atoms with E-state index in [0.29, 0.717) is 10.8 Å². The number of aliphatic hydroxyl groups is 1. The first kappa shape index (κ1) is 10.4. The molecule has 72 valence electrons. The molecule has 1 aromatic rings. The number of rotatable bonds is 3. The molecule has 1 atom stereocenters. The Hall–Kier alpha value is -0.730. The Morgan fingerprint density at radius 1 is 1.54 bits per heavy atom. The summed E-state index contributed by atoms with van der Waals surface area (Å²) in [7, 11) is 0. The van der Waals surface area contributed by atoms with Crippen LogP contribution in [0.25, 0.3) is 0 Å². The fourth-order valence-electron chi connectivity index (χ4n) is 0.955. The third kappa shape index (κ3) is 2.90. The maximum Gasteiger partial charge on any atom is 0.138 e. The summed E-state index contributed by atoms with van der Waals surface area (Å²) in [4.78, 5) is 0. The lowest BCUT2D eigenvalue weighted by Gasteiger charge is -2.13. The number of halogens is 1. The molecule has 1 rings (SSSR count). The highest BCUT2D eigenvalue weighted by Crippen LogP contribution is 2.25. The molecule has 0 bridgehead atoms. The van der Waals surface area contributed by atoms with Crippen LogP contribution in [0.4, 0.5) is 0 Å². The van der Waals surface area contributed by atoms with Crippen LogP contribution in [0.5, 0.6) is 5.75 Å². The van der Waals surface area contributed by atoms with Crippen LogP contribution >= 0.6 is 11.6 Å². The minimum Gasteiger partial charge on any atom is -0.487 e. The van der Waals surface area contributed by atoms with Gasteiger partial charge in [0.25, 0.3) is 0 Å². The molecule has 0 aliphatic heterocycles. The molecule has 0 radical (unpaired) electrons. The minimum atomic E-state index is -0.223. The van der Waals surface area contributed by atoms with E-state index in [1.165, 1.54) is 0 Å². The van der Waals surface area contributed by atoms with E-state index in [2.05, 4.69) is 0 Å². The van der Waals surface area contributed by atoms with E-state index in [9.17, 15) is 0 Å². The van der Waals surface area contributed by atoms with Gasteiger partial charge in [0.1, 0.15) is 11.9 Å². The molecule has 0 saturated heterocycles. The predicted octanol–water partition coefficient (Wildman–Crippen LogP) is 2.41. The van der Waals surface area contributed by atoms with Crippen molar-refractivity contribution in [2.75, 3.05) is 6.61 Å². The largest absolute Gasteiger partial charge is 0.487 e. The Labute approximate surface area is 83.1 Å². The Balaban J connectivity index is 2.81. The van der Waals surface area contributed by atoms with Crippen molar-refractivity contribution < 1.29 is 9.84 Å². The summed E-state index contributed by atoms with van der Waals surface area (Å²) in [5, 5.41) is 9.36. The molecular weight excluding hydrogens is 188 g/mol. The summed E-state index contributed by atoms with van der Waals surface area (Å²) in [5.74, 6) is 0.628. The molecule has 0 spiro atoms. The van der Waals surface area contributed by atoms with E-state index in [-0.39, 0.29) is 12.7 Å². The quantitative estimate of drug-likeness (QED) is 0.812. The molecular formula is C10H13ClO2. The SMILES string of the molecule is Cc1ccc(Cl)c(OC(C)CO)c1. The number of aryl methyl sites for hydroxylation is 1. The third-order valence-electron chi connectivity index (χ3n) is 1.67. The Kier molecular flexibility index (Phi) is 3.58. The predicted molar refractivity (Wildman–Crippen MR) is 53.4 cm³/mol. The zero-order valence-electron chi connectivity index (χ0n) is 7.75. The molecule has 1 N–H and O–H groups in total. The molecule has 0 heterocycles. The summed E-state index contributed by atoms with van der Waals surface area (Å²) < 4.78 is 5.39. The summed E-state index contributed by atoms with van der Waals surface area (Å²) in [6.07, 6.45) is -0.223. The van der Waals surface area contributed by atoms with Gasteiger partial charge in [0.05, 0.1) is 11.6 Å². The topological polar surface area (TPSA) is 29.5 Å². The molecule has 0 aliphatic carbocycles. The number of hydrogen-bond donors (Lipinski definition) is 1. The van der Waals surface area contributed by atoms with Crippen molar-refractivity contribution >= 4 is 11.6 Å². The minimum absolute atomic E-state index is 0.00965. The number of benzene rings is 1. The van der Waals surface area contributed by atoms with E-state index >= 15 is 0 Å². The van der Waals surface area contributed by atoms with Gasteiger partial charge in [0.2, 0.25) is 0 Å². The maximum absolute atomic E-state index is 8.79. The van der Waals surface area contributed by atoms with Gasteiger partial charge in [-0.25, -0.2) is 0 Å². The number of ether oxygens (including phenoxy) is 1. The summed E-state index contributed by atoms with van der Waals surface area (Å²) in [5.41, 5.74) is 1.09. The van der Waals surface area contributed by atoms with Crippen molar-refractivity contribution in [3.63, 3.8) is 0 Å². The smallest absolute Gasteiger partial charge is 0.138 e. The van der Waals surface area contributed by atoms with E-state index in [1.54, 1.807) is 13.0 Å². The van der Waals surface area contributed by atoms with Gasteiger partial charge >= 0.3 is 0 Å². The molecule has 0 aliphatic rings. The Morgan fingerprint density at radius 2 is 2.23 bits per heavy atom. The van der Waals surface area contributed by atoms with Gasteiger partial charge in [0.15, 0.2) is 0 Å². The lowest BCUT2D eigenvalue weighted by Crippen LogP contribution is -2.16. The van der Waals surface area contributed by atoms with Crippen LogP contribution in [-0.4, -0.2) is 17.8 Å². The highest BCUT2D eigenvalue weighted by atomic mass is 35.5. The Bertz CT molecular complexity index is 286. The van der Waals surface area contributed by atoms with Gasteiger partial charge in [-0.15, -0.1) is 0 Å². The molecule has 3 heteroatoms. The van der Waals surface area contributed by atoms with Gasteiger partial charge in [-0.3, -0.25) is 0 Å². The van der Waals surface area contributed by atoms with Crippen LogP contribution in [0.3, 0.4) is 0 Å². The standard InChI is InChI=1S/C10H13ClO2/c1-7-3-4-9(11)10(5-7)13-8(2)6-12/h3-5,8,12H,6H2,1-2H3. The van der Waals surface area contributed by atoms with E-state index in [1.807, 2.05) is 19.1 Å².